The fourth-order valence-electron chi connectivity index (χ4n) is 2.36. The molecule has 0 unspecified atom stereocenters. The van der Waals surface area contributed by atoms with Crippen LogP contribution in [0.3, 0.4) is 0 Å². The molecular weight excluding hydrogens is 370 g/mol. The number of nitrogens with zero attached hydrogens (tertiary/aromatic N) is 2. The first-order valence-corrected chi connectivity index (χ1v) is 9.75. The Labute approximate surface area is 157 Å². The number of carbonyl (C=O) groups excluding carboxylic acids is 1. The normalized spacial score (nSPS) is 12.5. The molecule has 0 aromatic heterocycles. The van der Waals surface area contributed by atoms with Gasteiger partial charge in [0, 0.05) is 0 Å². The van der Waals surface area contributed by atoms with E-state index in [1.807, 2.05) is 0 Å². The van der Waals surface area contributed by atoms with E-state index in [2.05, 4.69) is 10.5 Å². The van der Waals surface area contributed by atoms with Gasteiger partial charge in [-0.15, -0.1) is 0 Å². The molecule has 8 nitrogen and oxygen atoms in total. The zero-order chi connectivity index (χ0) is 20.0. The van der Waals surface area contributed by atoms with Crippen molar-refractivity contribution in [3.8, 4) is 0 Å². The van der Waals surface area contributed by atoms with E-state index in [1.165, 1.54) is 37.4 Å². The van der Waals surface area contributed by atoms with Gasteiger partial charge in [-0.25, -0.2) is 18.6 Å². The molecule has 0 heterocycles. The highest BCUT2D eigenvalue weighted by Crippen LogP contribution is 2.20. The highest BCUT2D eigenvalue weighted by atomic mass is 32.2. The summed E-state index contributed by atoms with van der Waals surface area (Å²) >= 11 is 0. The first-order valence-electron chi connectivity index (χ1n) is 7.91. The molecular formula is C18H19N3O5S. The summed E-state index contributed by atoms with van der Waals surface area (Å²) in [5, 5.41) is 12.7. The molecule has 142 valence electrons. The molecule has 9 heteroatoms. The summed E-state index contributed by atoms with van der Waals surface area (Å²) in [6, 6.07) is 13.2. The first kappa shape index (κ1) is 20.1. The number of anilines is 1. The summed E-state index contributed by atoms with van der Waals surface area (Å²) < 4.78 is 25.3. The van der Waals surface area contributed by atoms with Crippen LogP contribution >= 0.6 is 0 Å². The topological polar surface area (TPSA) is 116 Å². The first-order chi connectivity index (χ1) is 12.7. The van der Waals surface area contributed by atoms with E-state index in [4.69, 9.17) is 5.11 Å². The number of nitrogens with one attached hydrogen (secondary N) is 1. The Balaban J connectivity index is 2.10. The van der Waals surface area contributed by atoms with Crippen LogP contribution < -0.4 is 9.73 Å². The molecule has 0 fully saturated rings. The van der Waals surface area contributed by atoms with Crippen molar-refractivity contribution >= 4 is 33.8 Å². The summed E-state index contributed by atoms with van der Waals surface area (Å²) in [4.78, 5) is 23.1. The summed E-state index contributed by atoms with van der Waals surface area (Å²) in [5.74, 6) is -1.65. The fraction of sp³-hybridized carbons (Fsp3) is 0.167. The van der Waals surface area contributed by atoms with Crippen molar-refractivity contribution in [1.29, 1.82) is 0 Å². The number of carboxylic acid groups (broad SMARTS) is 1. The van der Waals surface area contributed by atoms with E-state index in [9.17, 15) is 18.0 Å². The summed E-state index contributed by atoms with van der Waals surface area (Å²) in [6.45, 7) is 1.46. The lowest BCUT2D eigenvalue weighted by Gasteiger charge is -2.27. The maximum atomic E-state index is 12.3. The van der Waals surface area contributed by atoms with E-state index in [1.54, 1.807) is 30.3 Å². The molecule has 0 bridgehead atoms. The van der Waals surface area contributed by atoms with Gasteiger partial charge in [0.2, 0.25) is 10.0 Å². The number of rotatable bonds is 7. The lowest BCUT2D eigenvalue weighted by atomic mass is 10.1. The SMILES string of the molecule is C[C@H](C(=O)N/N=C\c1ccc(C(=O)O)cc1)N(c1ccccc1)S(C)(=O)=O. The molecule has 0 spiro atoms. The number of para-hydroxylation sites is 1. The van der Waals surface area contributed by atoms with Crippen LogP contribution in [0.2, 0.25) is 0 Å². The lowest BCUT2D eigenvalue weighted by Crippen LogP contribution is -2.46. The minimum atomic E-state index is -3.69. The number of hydrogen-bond acceptors (Lipinski definition) is 5. The highest BCUT2D eigenvalue weighted by molar-refractivity contribution is 7.92. The van der Waals surface area contributed by atoms with Crippen LogP contribution in [-0.4, -0.2) is 43.9 Å². The van der Waals surface area contributed by atoms with Crippen LogP contribution in [-0.2, 0) is 14.8 Å². The van der Waals surface area contributed by atoms with Gasteiger partial charge in [0.1, 0.15) is 6.04 Å². The van der Waals surface area contributed by atoms with Gasteiger partial charge in [-0.3, -0.25) is 9.10 Å². The number of hydrogen-bond donors (Lipinski definition) is 2. The Morgan fingerprint density at radius 2 is 1.70 bits per heavy atom. The van der Waals surface area contributed by atoms with Gasteiger partial charge in [-0.1, -0.05) is 30.3 Å². The smallest absolute Gasteiger partial charge is 0.335 e. The molecule has 0 saturated heterocycles. The van der Waals surface area contributed by atoms with E-state index in [0.717, 1.165) is 10.6 Å². The van der Waals surface area contributed by atoms with Crippen molar-refractivity contribution in [2.75, 3.05) is 10.6 Å². The van der Waals surface area contributed by atoms with Gasteiger partial charge in [-0.2, -0.15) is 5.10 Å². The monoisotopic (exact) mass is 389 g/mol. The fourth-order valence-corrected chi connectivity index (χ4v) is 3.53. The van der Waals surface area contributed by atoms with Gasteiger partial charge >= 0.3 is 5.97 Å². The van der Waals surface area contributed by atoms with E-state index >= 15 is 0 Å². The molecule has 2 N–H and O–H groups in total. The number of amides is 1. The van der Waals surface area contributed by atoms with Gasteiger partial charge in [-0.05, 0) is 36.8 Å². The molecule has 2 aromatic rings. The second-order valence-corrected chi connectivity index (χ2v) is 7.59. The molecule has 2 aromatic carbocycles. The zero-order valence-corrected chi connectivity index (χ0v) is 15.6. The molecule has 2 rings (SSSR count). The molecule has 1 amide bonds. The van der Waals surface area contributed by atoms with Crippen molar-refractivity contribution in [2.45, 2.75) is 13.0 Å². The van der Waals surface area contributed by atoms with Gasteiger partial charge in [0.15, 0.2) is 0 Å². The largest absolute Gasteiger partial charge is 0.478 e. The third kappa shape index (κ3) is 5.38. The van der Waals surface area contributed by atoms with Gasteiger partial charge in [0.25, 0.3) is 5.91 Å². The van der Waals surface area contributed by atoms with Gasteiger partial charge < -0.3 is 5.11 Å². The number of carbonyl (C=O) groups is 2. The Morgan fingerprint density at radius 1 is 1.11 bits per heavy atom. The van der Waals surface area contributed by atoms with Crippen molar-refractivity contribution in [1.82, 2.24) is 5.43 Å². The third-order valence-corrected chi connectivity index (χ3v) is 4.89. The van der Waals surface area contributed by atoms with Crippen LogP contribution in [0.5, 0.6) is 0 Å². The quantitative estimate of drug-likeness (QED) is 0.552. The van der Waals surface area contributed by atoms with Crippen LogP contribution in [0.4, 0.5) is 5.69 Å². The predicted molar refractivity (Wildman–Crippen MR) is 102 cm³/mol. The minimum absolute atomic E-state index is 0.136. The van der Waals surface area contributed by atoms with E-state index < -0.39 is 27.9 Å². The summed E-state index contributed by atoms with van der Waals surface area (Å²) in [6.07, 6.45) is 2.36. The molecule has 0 radical (unpaired) electrons. The Bertz CT molecular complexity index is 941. The Hall–Kier alpha value is -3.20. The third-order valence-electron chi connectivity index (χ3n) is 3.65. The minimum Gasteiger partial charge on any atom is -0.478 e. The number of sulfonamides is 1. The molecule has 0 aliphatic rings. The maximum Gasteiger partial charge on any atom is 0.335 e. The molecule has 0 aliphatic carbocycles. The maximum absolute atomic E-state index is 12.3. The van der Waals surface area contributed by atoms with Crippen molar-refractivity contribution in [2.24, 2.45) is 5.10 Å². The van der Waals surface area contributed by atoms with E-state index in [0.29, 0.717) is 11.3 Å². The Kier molecular flexibility index (Phi) is 6.30. The molecule has 27 heavy (non-hydrogen) atoms. The lowest BCUT2D eigenvalue weighted by molar-refractivity contribution is -0.121. The van der Waals surface area contributed by atoms with Crippen molar-refractivity contribution in [3.05, 3.63) is 65.7 Å². The van der Waals surface area contributed by atoms with Crippen LogP contribution in [0.1, 0.15) is 22.8 Å². The van der Waals surface area contributed by atoms with Gasteiger partial charge in [0.05, 0.1) is 23.7 Å². The molecule has 0 aliphatic heterocycles. The van der Waals surface area contributed by atoms with E-state index in [-0.39, 0.29) is 5.56 Å². The van der Waals surface area contributed by atoms with Crippen LogP contribution in [0, 0.1) is 0 Å². The van der Waals surface area contributed by atoms with Crippen molar-refractivity contribution < 1.29 is 23.1 Å². The van der Waals surface area contributed by atoms with Crippen LogP contribution in [0.15, 0.2) is 59.7 Å². The average molecular weight is 389 g/mol. The summed E-state index contributed by atoms with van der Waals surface area (Å²) in [7, 11) is -3.69. The number of carboxylic acids is 1. The number of hydrazone groups is 1. The number of benzene rings is 2. The van der Waals surface area contributed by atoms with Crippen LogP contribution in [0.25, 0.3) is 0 Å². The molecule has 0 saturated carbocycles. The second kappa shape index (κ2) is 8.45. The zero-order valence-electron chi connectivity index (χ0n) is 14.7. The summed E-state index contributed by atoms with van der Waals surface area (Å²) in [5.41, 5.74) is 3.39. The number of aromatic carboxylic acids is 1. The van der Waals surface area contributed by atoms with Crippen molar-refractivity contribution in [3.63, 3.8) is 0 Å². The highest BCUT2D eigenvalue weighted by Gasteiger charge is 2.28. The molecule has 1 atom stereocenters. The standard InChI is InChI=1S/C18H19N3O5S/c1-13(21(27(2,25)26)16-6-4-3-5-7-16)17(22)20-19-12-14-8-10-15(11-9-14)18(23)24/h3-13H,1-2H3,(H,20,22)(H,23,24)/b19-12-/t13-/m1/s1. The average Bonchev–Trinajstić information content (AvgIpc) is 2.61. The second-order valence-electron chi connectivity index (χ2n) is 5.73. The Morgan fingerprint density at radius 3 is 2.22 bits per heavy atom. The predicted octanol–water partition coefficient (Wildman–Crippen LogP) is 1.69.